The number of hydrogen-bond donors (Lipinski definition) is 0. The van der Waals surface area contributed by atoms with Crippen LogP contribution in [0, 0.1) is 0 Å². The van der Waals surface area contributed by atoms with Crippen LogP contribution in [-0.2, 0) is 19.3 Å². The minimum absolute atomic E-state index is 0.0651. The van der Waals surface area contributed by atoms with Gasteiger partial charge in [-0.1, -0.05) is 6.07 Å². The van der Waals surface area contributed by atoms with Crippen molar-refractivity contribution in [3.8, 4) is 0 Å². The molecule has 1 fully saturated rings. The molecule has 1 aromatic carbocycles. The van der Waals surface area contributed by atoms with Crippen molar-refractivity contribution in [3.63, 3.8) is 0 Å². The lowest BCUT2D eigenvalue weighted by Crippen LogP contribution is -2.41. The number of fused-ring (bicyclic) bond motifs is 1. The van der Waals surface area contributed by atoms with Gasteiger partial charge in [-0.25, -0.2) is 12.8 Å². The summed E-state index contributed by atoms with van der Waals surface area (Å²) in [5.74, 6) is 0. The van der Waals surface area contributed by atoms with Crippen LogP contribution in [0.2, 0.25) is 0 Å². The molecule has 23 heavy (non-hydrogen) atoms. The molecule has 6 heteroatoms. The second-order valence-electron chi connectivity index (χ2n) is 7.85. The molecule has 0 bridgehead atoms. The number of benzene rings is 1. The molecular formula is C17H23FO4S. The first-order valence-electron chi connectivity index (χ1n) is 7.69. The Morgan fingerprint density at radius 1 is 1.00 bits per heavy atom. The first-order valence-corrected chi connectivity index (χ1v) is 9.18. The summed E-state index contributed by atoms with van der Waals surface area (Å²) >= 11 is 0. The highest BCUT2D eigenvalue weighted by Crippen LogP contribution is 2.51. The maximum atomic E-state index is 14.7. The minimum atomic E-state index is -3.68. The smallest absolute Gasteiger partial charge is 0.187 e. The summed E-state index contributed by atoms with van der Waals surface area (Å²) in [5, 5.41) is 0. The van der Waals surface area contributed by atoms with Gasteiger partial charge in [-0.2, -0.15) is 0 Å². The van der Waals surface area contributed by atoms with Crippen molar-refractivity contribution in [1.29, 1.82) is 0 Å². The monoisotopic (exact) mass is 342 g/mol. The van der Waals surface area contributed by atoms with Gasteiger partial charge in [0.25, 0.3) is 0 Å². The van der Waals surface area contributed by atoms with E-state index in [-0.39, 0.29) is 10.5 Å². The first-order chi connectivity index (χ1) is 10.3. The predicted molar refractivity (Wildman–Crippen MR) is 84.6 cm³/mol. The van der Waals surface area contributed by atoms with E-state index in [1.54, 1.807) is 12.1 Å². The average Bonchev–Trinajstić information content (AvgIpc) is 2.72. The van der Waals surface area contributed by atoms with Crippen LogP contribution in [0.25, 0.3) is 0 Å². The fraction of sp³-hybridized carbons (Fsp3) is 0.647. The van der Waals surface area contributed by atoms with Crippen molar-refractivity contribution >= 4 is 9.84 Å². The van der Waals surface area contributed by atoms with Gasteiger partial charge >= 0.3 is 0 Å². The highest BCUT2D eigenvalue weighted by Gasteiger charge is 2.53. The van der Waals surface area contributed by atoms with Crippen molar-refractivity contribution in [2.45, 2.75) is 74.8 Å². The van der Waals surface area contributed by atoms with Gasteiger partial charge in [-0.05, 0) is 53.7 Å². The Morgan fingerprint density at radius 3 is 2.04 bits per heavy atom. The number of alkyl halides is 1. The van der Waals surface area contributed by atoms with E-state index in [9.17, 15) is 12.8 Å². The van der Waals surface area contributed by atoms with Crippen LogP contribution in [-0.4, -0.2) is 24.4 Å². The molecule has 4 nitrogen and oxygen atoms in total. The van der Waals surface area contributed by atoms with E-state index >= 15 is 0 Å². The van der Waals surface area contributed by atoms with Gasteiger partial charge in [0.15, 0.2) is 16.1 Å². The van der Waals surface area contributed by atoms with Crippen LogP contribution in [0.4, 0.5) is 4.39 Å². The van der Waals surface area contributed by atoms with E-state index in [4.69, 9.17) is 9.47 Å². The molecule has 3 rings (SSSR count). The van der Waals surface area contributed by atoms with Gasteiger partial charge in [0.1, 0.15) is 10.9 Å². The summed E-state index contributed by atoms with van der Waals surface area (Å²) in [5.41, 5.74) is -0.172. The molecule has 0 saturated carbocycles. The molecule has 0 N–H and O–H groups in total. The molecule has 2 aliphatic rings. The zero-order chi connectivity index (χ0) is 17.4. The third-order valence-electron chi connectivity index (χ3n) is 5.42. The summed E-state index contributed by atoms with van der Waals surface area (Å²) in [7, 11) is -3.68. The second kappa shape index (κ2) is 4.55. The molecule has 1 saturated heterocycles. The summed E-state index contributed by atoms with van der Waals surface area (Å²) in [4.78, 5) is 0.0651. The Hall–Kier alpha value is -0.980. The fourth-order valence-electron chi connectivity index (χ4n) is 2.93. The molecule has 0 amide bonds. The van der Waals surface area contributed by atoms with Gasteiger partial charge in [-0.15, -0.1) is 0 Å². The van der Waals surface area contributed by atoms with Crippen molar-refractivity contribution < 1.29 is 22.3 Å². The van der Waals surface area contributed by atoms with E-state index in [2.05, 4.69) is 0 Å². The largest absolute Gasteiger partial charge is 0.339 e. The topological polar surface area (TPSA) is 52.6 Å². The fourth-order valence-corrected chi connectivity index (χ4v) is 4.62. The van der Waals surface area contributed by atoms with E-state index in [0.717, 1.165) is 0 Å². The highest BCUT2D eigenvalue weighted by molar-refractivity contribution is 7.93. The van der Waals surface area contributed by atoms with Gasteiger partial charge < -0.3 is 9.47 Å². The van der Waals surface area contributed by atoms with Crippen LogP contribution < -0.4 is 0 Å². The standard InChI is InChI=1S/C17H23FO4S/c1-15(2)13(18)11-9-10(7-8-12(11)23(15,19)20)14-21-16(3,4)17(5,6)22-14/h7-9,13-14H,1-6H3. The average molecular weight is 342 g/mol. The molecule has 1 unspecified atom stereocenters. The van der Waals surface area contributed by atoms with E-state index in [1.165, 1.54) is 19.9 Å². The van der Waals surface area contributed by atoms with Crippen molar-refractivity contribution in [2.75, 3.05) is 0 Å². The molecule has 0 aromatic heterocycles. The van der Waals surface area contributed by atoms with Crippen molar-refractivity contribution in [2.24, 2.45) is 0 Å². The third kappa shape index (κ3) is 2.11. The molecule has 0 radical (unpaired) electrons. The maximum absolute atomic E-state index is 14.7. The van der Waals surface area contributed by atoms with Crippen LogP contribution in [0.5, 0.6) is 0 Å². The summed E-state index contributed by atoms with van der Waals surface area (Å²) in [6.07, 6.45) is -2.20. The molecule has 0 aliphatic carbocycles. The number of halogens is 1. The first kappa shape index (κ1) is 16.9. The van der Waals surface area contributed by atoms with Crippen LogP contribution in [0.3, 0.4) is 0 Å². The molecule has 1 aromatic rings. The SMILES string of the molecule is CC1(C)OC(c2ccc3c(c2)C(F)C(C)(C)S3(=O)=O)OC1(C)C. The lowest BCUT2D eigenvalue weighted by molar-refractivity contribution is -0.0896. The number of ether oxygens (including phenoxy) is 2. The Morgan fingerprint density at radius 2 is 1.52 bits per heavy atom. The maximum Gasteiger partial charge on any atom is 0.187 e. The van der Waals surface area contributed by atoms with Crippen LogP contribution in [0.1, 0.15) is 65.1 Å². The third-order valence-corrected chi connectivity index (χ3v) is 7.97. The number of hydrogen-bond acceptors (Lipinski definition) is 4. The summed E-state index contributed by atoms with van der Waals surface area (Å²) in [6.45, 7) is 10.6. The number of sulfone groups is 1. The normalized spacial score (nSPS) is 30.3. The van der Waals surface area contributed by atoms with Crippen LogP contribution in [0.15, 0.2) is 23.1 Å². The molecule has 2 aliphatic heterocycles. The van der Waals surface area contributed by atoms with Gasteiger partial charge in [0, 0.05) is 11.1 Å². The zero-order valence-electron chi connectivity index (χ0n) is 14.3. The molecule has 128 valence electrons. The Kier molecular flexibility index (Phi) is 3.34. The molecule has 2 heterocycles. The minimum Gasteiger partial charge on any atom is -0.339 e. The number of rotatable bonds is 1. The Labute approximate surface area is 136 Å². The summed E-state index contributed by atoms with van der Waals surface area (Å²) < 4.78 is 50.1. The Balaban J connectivity index is 2.04. The molecular weight excluding hydrogens is 319 g/mol. The quantitative estimate of drug-likeness (QED) is 0.777. The summed E-state index contributed by atoms with van der Waals surface area (Å²) in [6, 6.07) is 4.67. The van der Waals surface area contributed by atoms with E-state index in [1.807, 2.05) is 27.7 Å². The van der Waals surface area contributed by atoms with Crippen LogP contribution >= 0.6 is 0 Å². The second-order valence-corrected chi connectivity index (χ2v) is 10.4. The van der Waals surface area contributed by atoms with Gasteiger partial charge in [0.2, 0.25) is 0 Å². The highest BCUT2D eigenvalue weighted by atomic mass is 32.2. The van der Waals surface area contributed by atoms with E-state index < -0.39 is 38.2 Å². The zero-order valence-corrected chi connectivity index (χ0v) is 15.1. The van der Waals surface area contributed by atoms with Crippen molar-refractivity contribution in [3.05, 3.63) is 29.3 Å². The lowest BCUT2D eigenvalue weighted by Gasteiger charge is -2.30. The van der Waals surface area contributed by atoms with Crippen molar-refractivity contribution in [1.82, 2.24) is 0 Å². The molecule has 1 atom stereocenters. The molecule has 0 spiro atoms. The van der Waals surface area contributed by atoms with Gasteiger partial charge in [-0.3, -0.25) is 0 Å². The van der Waals surface area contributed by atoms with E-state index in [0.29, 0.717) is 5.56 Å². The predicted octanol–water partition coefficient (Wildman–Crippen LogP) is 3.87. The van der Waals surface area contributed by atoms with Gasteiger partial charge in [0.05, 0.1) is 16.1 Å². The lowest BCUT2D eigenvalue weighted by atomic mass is 9.90. The Bertz CT molecular complexity index is 749.